The molecule has 1 aromatic heterocycles. The molecule has 2 aromatic rings. The Morgan fingerprint density at radius 2 is 2.33 bits per heavy atom. The number of rotatable bonds is 2. The molecule has 0 unspecified atom stereocenters. The number of aromatic nitrogens is 2. The van der Waals surface area contributed by atoms with Crippen molar-refractivity contribution in [2.75, 3.05) is 7.11 Å². The van der Waals surface area contributed by atoms with Crippen molar-refractivity contribution in [1.82, 2.24) is 9.78 Å². The van der Waals surface area contributed by atoms with Crippen LogP contribution in [0.15, 0.2) is 18.2 Å². The molecule has 0 atom stereocenters. The van der Waals surface area contributed by atoms with E-state index in [1.54, 1.807) is 11.8 Å². The molecule has 1 heterocycles. The average Bonchev–Trinajstić information content (AvgIpc) is 2.65. The van der Waals surface area contributed by atoms with Gasteiger partial charge in [0.25, 0.3) is 0 Å². The van der Waals surface area contributed by atoms with E-state index in [4.69, 9.17) is 10.00 Å². The summed E-state index contributed by atoms with van der Waals surface area (Å²) in [6.07, 6.45) is 0. The van der Waals surface area contributed by atoms with Gasteiger partial charge in [0.2, 0.25) is 0 Å². The highest BCUT2D eigenvalue weighted by molar-refractivity contribution is 5.85. The van der Waals surface area contributed by atoms with Crippen LogP contribution in [0.3, 0.4) is 0 Å². The summed E-state index contributed by atoms with van der Waals surface area (Å²) in [4.78, 5) is 0. The predicted octanol–water partition coefficient (Wildman–Crippen LogP) is 1.94. The monoisotopic (exact) mass is 201 g/mol. The van der Waals surface area contributed by atoms with Crippen LogP contribution in [0.2, 0.25) is 0 Å². The number of nitrogens with zero attached hydrogens (tertiary/aromatic N) is 3. The Labute approximate surface area is 87.7 Å². The second-order valence-electron chi connectivity index (χ2n) is 3.16. The lowest BCUT2D eigenvalue weighted by Gasteiger charge is -1.96. The molecule has 0 aliphatic carbocycles. The van der Waals surface area contributed by atoms with Gasteiger partial charge in [0.15, 0.2) is 0 Å². The van der Waals surface area contributed by atoms with Crippen LogP contribution in [0.5, 0.6) is 5.75 Å². The number of hydrogen-bond donors (Lipinski definition) is 0. The number of benzene rings is 1. The van der Waals surface area contributed by atoms with Crippen LogP contribution < -0.4 is 4.74 Å². The van der Waals surface area contributed by atoms with E-state index >= 15 is 0 Å². The summed E-state index contributed by atoms with van der Waals surface area (Å²) in [5.41, 5.74) is 1.41. The van der Waals surface area contributed by atoms with E-state index in [9.17, 15) is 0 Å². The molecule has 0 bridgehead atoms. The summed E-state index contributed by atoms with van der Waals surface area (Å²) in [6, 6.07) is 7.71. The maximum absolute atomic E-state index is 9.02. The van der Waals surface area contributed by atoms with Gasteiger partial charge in [0.05, 0.1) is 12.6 Å². The van der Waals surface area contributed by atoms with E-state index in [0.29, 0.717) is 12.2 Å². The maximum atomic E-state index is 9.02. The van der Waals surface area contributed by atoms with Gasteiger partial charge in [-0.25, -0.2) is 0 Å². The summed E-state index contributed by atoms with van der Waals surface area (Å²) in [7, 11) is 1.61. The van der Waals surface area contributed by atoms with Gasteiger partial charge in [-0.1, -0.05) is 0 Å². The molecule has 4 nitrogen and oxygen atoms in total. The summed E-state index contributed by atoms with van der Waals surface area (Å²) in [5.74, 6) is 0.757. The molecule has 15 heavy (non-hydrogen) atoms. The van der Waals surface area contributed by atoms with Gasteiger partial charge < -0.3 is 4.74 Å². The Kier molecular flexibility index (Phi) is 2.30. The first-order chi connectivity index (χ1) is 7.30. The Bertz CT molecular complexity index is 536. The molecule has 0 saturated heterocycles. The summed E-state index contributed by atoms with van der Waals surface area (Å²) >= 11 is 0. The predicted molar refractivity (Wildman–Crippen MR) is 56.7 cm³/mol. The van der Waals surface area contributed by atoms with E-state index in [2.05, 4.69) is 11.2 Å². The van der Waals surface area contributed by atoms with Crippen LogP contribution in [0, 0.1) is 11.3 Å². The number of fused-ring (bicyclic) bond motifs is 1. The molecule has 0 amide bonds. The topological polar surface area (TPSA) is 50.8 Å². The number of ether oxygens (including phenoxy) is 1. The zero-order valence-electron chi connectivity index (χ0n) is 8.69. The van der Waals surface area contributed by atoms with Crippen molar-refractivity contribution in [2.24, 2.45) is 0 Å². The maximum Gasteiger partial charge on any atom is 0.146 e. The van der Waals surface area contributed by atoms with Gasteiger partial charge in [-0.15, -0.1) is 0 Å². The Morgan fingerprint density at radius 3 is 2.93 bits per heavy atom. The number of aryl methyl sites for hydroxylation is 1. The Hall–Kier alpha value is -2.02. The molecule has 0 aliphatic heterocycles. The normalized spacial score (nSPS) is 10.2. The van der Waals surface area contributed by atoms with Gasteiger partial charge in [-0.05, 0) is 19.1 Å². The highest BCUT2D eigenvalue weighted by Crippen LogP contribution is 2.22. The average molecular weight is 201 g/mol. The third kappa shape index (κ3) is 1.42. The third-order valence-corrected chi connectivity index (χ3v) is 2.35. The van der Waals surface area contributed by atoms with Crippen molar-refractivity contribution in [3.63, 3.8) is 0 Å². The van der Waals surface area contributed by atoms with Crippen molar-refractivity contribution in [3.05, 3.63) is 23.9 Å². The fraction of sp³-hybridized carbons (Fsp3) is 0.273. The minimum absolute atomic E-state index is 0.607. The van der Waals surface area contributed by atoms with Crippen molar-refractivity contribution in [3.8, 4) is 11.8 Å². The SMILES string of the molecule is CCn1nc2cc(OC)ccc2c1C#N. The lowest BCUT2D eigenvalue weighted by atomic mass is 10.2. The highest BCUT2D eigenvalue weighted by Gasteiger charge is 2.09. The van der Waals surface area contributed by atoms with Gasteiger partial charge in [-0.2, -0.15) is 10.4 Å². The van der Waals surface area contributed by atoms with Crippen LogP contribution in [0.4, 0.5) is 0 Å². The molecule has 1 aromatic carbocycles. The fourth-order valence-corrected chi connectivity index (χ4v) is 1.59. The highest BCUT2D eigenvalue weighted by atomic mass is 16.5. The van der Waals surface area contributed by atoms with Crippen molar-refractivity contribution < 1.29 is 4.74 Å². The van der Waals surface area contributed by atoms with E-state index in [0.717, 1.165) is 16.7 Å². The number of methoxy groups -OCH3 is 1. The second kappa shape index (κ2) is 3.62. The summed E-state index contributed by atoms with van der Waals surface area (Å²) < 4.78 is 6.81. The van der Waals surface area contributed by atoms with E-state index in [1.807, 2.05) is 25.1 Å². The molecule has 0 spiro atoms. The fourth-order valence-electron chi connectivity index (χ4n) is 1.59. The van der Waals surface area contributed by atoms with E-state index in [1.165, 1.54) is 0 Å². The molecule has 76 valence electrons. The standard InChI is InChI=1S/C11H11N3O/c1-3-14-11(7-12)9-5-4-8(15-2)6-10(9)13-14/h4-6H,3H2,1-2H3. The van der Waals surface area contributed by atoms with Crippen LogP contribution in [0.25, 0.3) is 10.9 Å². The van der Waals surface area contributed by atoms with Gasteiger partial charge in [0.1, 0.15) is 17.5 Å². The smallest absolute Gasteiger partial charge is 0.146 e. The Morgan fingerprint density at radius 1 is 1.53 bits per heavy atom. The molecule has 0 radical (unpaired) electrons. The summed E-state index contributed by atoms with van der Waals surface area (Å²) in [6.45, 7) is 2.66. The first-order valence-corrected chi connectivity index (χ1v) is 4.74. The van der Waals surface area contributed by atoms with E-state index < -0.39 is 0 Å². The van der Waals surface area contributed by atoms with Crippen LogP contribution in [-0.4, -0.2) is 16.9 Å². The minimum Gasteiger partial charge on any atom is -0.497 e. The third-order valence-electron chi connectivity index (χ3n) is 2.35. The van der Waals surface area contributed by atoms with Crippen LogP contribution >= 0.6 is 0 Å². The van der Waals surface area contributed by atoms with Gasteiger partial charge in [-0.3, -0.25) is 4.68 Å². The molecule has 0 fully saturated rings. The first-order valence-electron chi connectivity index (χ1n) is 4.74. The van der Waals surface area contributed by atoms with Gasteiger partial charge in [0, 0.05) is 18.0 Å². The Balaban J connectivity index is 2.72. The van der Waals surface area contributed by atoms with Crippen molar-refractivity contribution in [1.29, 1.82) is 5.26 Å². The molecule has 2 rings (SSSR count). The number of nitriles is 1. The zero-order valence-corrected chi connectivity index (χ0v) is 8.69. The quantitative estimate of drug-likeness (QED) is 0.746. The van der Waals surface area contributed by atoms with Gasteiger partial charge >= 0.3 is 0 Å². The largest absolute Gasteiger partial charge is 0.497 e. The lowest BCUT2D eigenvalue weighted by Crippen LogP contribution is -1.98. The molecular weight excluding hydrogens is 190 g/mol. The molecule has 0 N–H and O–H groups in total. The van der Waals surface area contributed by atoms with Crippen molar-refractivity contribution >= 4 is 10.9 Å². The lowest BCUT2D eigenvalue weighted by molar-refractivity contribution is 0.415. The van der Waals surface area contributed by atoms with Crippen molar-refractivity contribution in [2.45, 2.75) is 13.5 Å². The molecule has 0 saturated carbocycles. The summed E-state index contributed by atoms with van der Waals surface area (Å²) in [5, 5.41) is 14.2. The van der Waals surface area contributed by atoms with Crippen LogP contribution in [-0.2, 0) is 6.54 Å². The minimum atomic E-state index is 0.607. The number of hydrogen-bond acceptors (Lipinski definition) is 3. The molecule has 4 heteroatoms. The first kappa shape index (κ1) is 9.53. The second-order valence-corrected chi connectivity index (χ2v) is 3.16. The zero-order chi connectivity index (χ0) is 10.8. The van der Waals surface area contributed by atoms with Crippen LogP contribution in [0.1, 0.15) is 12.6 Å². The molecular formula is C11H11N3O. The molecule has 0 aliphatic rings. The van der Waals surface area contributed by atoms with E-state index in [-0.39, 0.29) is 0 Å².